The molecule has 0 aliphatic rings. The molecule has 1 aromatic carbocycles. The SMILES string of the molecule is O=C(NCI)c1ccc(C(=O)NCI)cc1. The molecule has 4 nitrogen and oxygen atoms in total. The summed E-state index contributed by atoms with van der Waals surface area (Å²) in [4.78, 5) is 22.9. The minimum absolute atomic E-state index is 0.129. The van der Waals surface area contributed by atoms with E-state index in [-0.39, 0.29) is 11.8 Å². The molecule has 0 aliphatic carbocycles. The molecule has 6 heteroatoms. The van der Waals surface area contributed by atoms with Crippen LogP contribution in [0.3, 0.4) is 0 Å². The van der Waals surface area contributed by atoms with E-state index in [0.717, 1.165) is 0 Å². The Morgan fingerprint density at radius 2 is 1.19 bits per heavy atom. The van der Waals surface area contributed by atoms with Crippen LogP contribution in [0.15, 0.2) is 24.3 Å². The number of carbonyl (C=O) groups is 2. The molecular weight excluding hydrogens is 434 g/mol. The van der Waals surface area contributed by atoms with Gasteiger partial charge in [0.15, 0.2) is 0 Å². The second kappa shape index (κ2) is 7.05. The van der Waals surface area contributed by atoms with E-state index in [2.05, 4.69) is 55.8 Å². The van der Waals surface area contributed by atoms with E-state index in [4.69, 9.17) is 0 Å². The lowest BCUT2D eigenvalue weighted by molar-refractivity contribution is 0.0950. The maximum Gasteiger partial charge on any atom is 0.251 e. The summed E-state index contributed by atoms with van der Waals surface area (Å²) in [5.74, 6) is -0.259. The van der Waals surface area contributed by atoms with Crippen molar-refractivity contribution in [2.75, 3.05) is 9.10 Å². The third-order valence-electron chi connectivity index (χ3n) is 1.86. The molecule has 0 saturated carbocycles. The normalized spacial score (nSPS) is 9.62. The Labute approximate surface area is 121 Å². The smallest absolute Gasteiger partial charge is 0.251 e. The number of rotatable bonds is 4. The zero-order chi connectivity index (χ0) is 12.0. The lowest BCUT2D eigenvalue weighted by Crippen LogP contribution is -2.23. The van der Waals surface area contributed by atoms with Crippen LogP contribution >= 0.6 is 45.2 Å². The van der Waals surface area contributed by atoms with E-state index >= 15 is 0 Å². The fourth-order valence-corrected chi connectivity index (χ4v) is 1.79. The minimum Gasteiger partial charge on any atom is -0.343 e. The van der Waals surface area contributed by atoms with Gasteiger partial charge in [0.05, 0.1) is 9.10 Å². The third kappa shape index (κ3) is 3.89. The average molecular weight is 444 g/mol. The summed E-state index contributed by atoms with van der Waals surface area (Å²) >= 11 is 4.12. The van der Waals surface area contributed by atoms with Gasteiger partial charge in [-0.15, -0.1) is 0 Å². The highest BCUT2D eigenvalue weighted by atomic mass is 127. The summed E-state index contributed by atoms with van der Waals surface area (Å²) in [6.07, 6.45) is 0. The monoisotopic (exact) mass is 444 g/mol. The van der Waals surface area contributed by atoms with Gasteiger partial charge >= 0.3 is 0 Å². The van der Waals surface area contributed by atoms with Crippen LogP contribution in [0.2, 0.25) is 0 Å². The highest BCUT2D eigenvalue weighted by Gasteiger charge is 2.07. The predicted octanol–water partition coefficient (Wildman–Crippen LogP) is 1.93. The van der Waals surface area contributed by atoms with Gasteiger partial charge in [0.1, 0.15) is 0 Å². The Balaban J connectivity index is 2.75. The lowest BCUT2D eigenvalue weighted by atomic mass is 10.1. The van der Waals surface area contributed by atoms with E-state index in [1.54, 1.807) is 24.3 Å². The molecule has 0 unspecified atom stereocenters. The van der Waals surface area contributed by atoms with E-state index < -0.39 is 0 Å². The van der Waals surface area contributed by atoms with Gasteiger partial charge in [-0.05, 0) is 24.3 Å². The van der Waals surface area contributed by atoms with Gasteiger partial charge in [-0.1, -0.05) is 45.2 Å². The summed E-state index contributed by atoms with van der Waals surface area (Å²) < 4.78 is 1.13. The van der Waals surface area contributed by atoms with E-state index in [9.17, 15) is 9.59 Å². The van der Waals surface area contributed by atoms with Gasteiger partial charge in [0.2, 0.25) is 0 Å². The van der Waals surface area contributed by atoms with Crippen LogP contribution < -0.4 is 10.6 Å². The Kier molecular flexibility index (Phi) is 6.03. The molecule has 0 aromatic heterocycles. The Bertz CT molecular complexity index is 342. The van der Waals surface area contributed by atoms with Crippen LogP contribution in [0.1, 0.15) is 20.7 Å². The topological polar surface area (TPSA) is 58.2 Å². The number of hydrogen-bond acceptors (Lipinski definition) is 2. The highest BCUT2D eigenvalue weighted by Crippen LogP contribution is 2.04. The molecule has 86 valence electrons. The van der Waals surface area contributed by atoms with Gasteiger partial charge in [-0.2, -0.15) is 0 Å². The minimum atomic E-state index is -0.129. The summed E-state index contributed by atoms with van der Waals surface area (Å²) in [7, 11) is 0. The third-order valence-corrected chi connectivity index (χ3v) is 2.63. The molecular formula is C10H10I2N2O2. The number of nitrogens with one attached hydrogen (secondary N) is 2. The molecule has 2 amide bonds. The second-order valence-electron chi connectivity index (χ2n) is 2.86. The fraction of sp³-hybridized carbons (Fsp3) is 0.200. The number of halogens is 2. The van der Waals surface area contributed by atoms with Crippen LogP contribution in [-0.2, 0) is 0 Å². The Hall–Kier alpha value is -0.380. The zero-order valence-corrected chi connectivity index (χ0v) is 12.6. The van der Waals surface area contributed by atoms with E-state index in [1.165, 1.54) is 0 Å². The highest BCUT2D eigenvalue weighted by molar-refractivity contribution is 14.1. The molecule has 16 heavy (non-hydrogen) atoms. The van der Waals surface area contributed by atoms with Crippen molar-refractivity contribution >= 4 is 57.0 Å². The van der Waals surface area contributed by atoms with E-state index in [1.807, 2.05) is 0 Å². The first-order chi connectivity index (χ1) is 7.69. The first kappa shape index (κ1) is 13.7. The number of amides is 2. The molecule has 0 spiro atoms. The zero-order valence-electron chi connectivity index (χ0n) is 8.30. The van der Waals surface area contributed by atoms with Crippen LogP contribution in [0, 0.1) is 0 Å². The molecule has 0 radical (unpaired) electrons. The maximum atomic E-state index is 11.4. The van der Waals surface area contributed by atoms with E-state index in [0.29, 0.717) is 20.2 Å². The van der Waals surface area contributed by atoms with Gasteiger partial charge in [0.25, 0.3) is 11.8 Å². The van der Waals surface area contributed by atoms with Crippen LogP contribution in [0.5, 0.6) is 0 Å². The predicted molar refractivity (Wildman–Crippen MR) is 79.1 cm³/mol. The second-order valence-corrected chi connectivity index (χ2v) is 4.38. The van der Waals surface area contributed by atoms with Crippen molar-refractivity contribution in [2.24, 2.45) is 0 Å². The maximum absolute atomic E-state index is 11.4. The summed E-state index contributed by atoms with van der Waals surface area (Å²) in [5.41, 5.74) is 1.12. The number of benzene rings is 1. The van der Waals surface area contributed by atoms with Crippen molar-refractivity contribution in [3.63, 3.8) is 0 Å². The van der Waals surface area contributed by atoms with Crippen molar-refractivity contribution in [1.29, 1.82) is 0 Å². The fourth-order valence-electron chi connectivity index (χ4n) is 1.10. The number of carbonyl (C=O) groups excluding carboxylic acids is 2. The standard InChI is InChI=1S/C10H10I2N2O2/c11-5-13-9(15)7-1-2-8(4-3-7)10(16)14-6-12/h1-4H,5-6H2,(H,13,15)(H,14,16). The van der Waals surface area contributed by atoms with Crippen LogP contribution in [0.4, 0.5) is 0 Å². The van der Waals surface area contributed by atoms with Crippen molar-refractivity contribution in [2.45, 2.75) is 0 Å². The first-order valence-electron chi connectivity index (χ1n) is 4.47. The molecule has 0 fully saturated rings. The molecule has 1 rings (SSSR count). The molecule has 0 saturated heterocycles. The van der Waals surface area contributed by atoms with Gasteiger partial charge < -0.3 is 10.6 Å². The van der Waals surface area contributed by atoms with Gasteiger partial charge in [-0.25, -0.2) is 0 Å². The first-order valence-corrected chi connectivity index (χ1v) is 7.52. The molecule has 2 N–H and O–H groups in total. The molecule has 0 bridgehead atoms. The summed E-state index contributed by atoms with van der Waals surface area (Å²) in [6, 6.07) is 6.57. The van der Waals surface area contributed by atoms with Crippen molar-refractivity contribution in [3.8, 4) is 0 Å². The molecule has 0 heterocycles. The largest absolute Gasteiger partial charge is 0.343 e. The average Bonchev–Trinajstić information content (AvgIpc) is 2.30. The van der Waals surface area contributed by atoms with Crippen LogP contribution in [-0.4, -0.2) is 20.9 Å². The van der Waals surface area contributed by atoms with Gasteiger partial charge in [0, 0.05) is 11.1 Å². The Morgan fingerprint density at radius 3 is 1.44 bits per heavy atom. The van der Waals surface area contributed by atoms with Crippen LogP contribution in [0.25, 0.3) is 0 Å². The van der Waals surface area contributed by atoms with Gasteiger partial charge in [-0.3, -0.25) is 9.59 Å². The summed E-state index contributed by atoms with van der Waals surface area (Å²) in [6.45, 7) is 0. The Morgan fingerprint density at radius 1 is 0.875 bits per heavy atom. The van der Waals surface area contributed by atoms with Crippen molar-refractivity contribution in [3.05, 3.63) is 35.4 Å². The quantitative estimate of drug-likeness (QED) is 0.424. The number of alkyl halides is 2. The number of hydrogen-bond donors (Lipinski definition) is 2. The molecule has 1 aromatic rings. The molecule has 0 aliphatic heterocycles. The van der Waals surface area contributed by atoms with Crippen molar-refractivity contribution in [1.82, 2.24) is 10.6 Å². The summed E-state index contributed by atoms with van der Waals surface area (Å²) in [5, 5.41) is 5.36. The van der Waals surface area contributed by atoms with Crippen molar-refractivity contribution < 1.29 is 9.59 Å². The molecule has 0 atom stereocenters. The lowest BCUT2D eigenvalue weighted by Gasteiger charge is -2.03.